The molecule has 0 saturated carbocycles. The first-order chi connectivity index (χ1) is 14.9. The molecule has 4 heterocycles. The van der Waals surface area contributed by atoms with E-state index < -0.39 is 10.0 Å². The first-order valence-electron chi connectivity index (χ1n) is 10.3. The number of methoxy groups -OCH3 is 1. The summed E-state index contributed by atoms with van der Waals surface area (Å²) in [4.78, 5) is 15.4. The Bertz CT molecular complexity index is 1190. The molecule has 0 bridgehead atoms. The van der Waals surface area contributed by atoms with E-state index in [-0.39, 0.29) is 0 Å². The zero-order valence-electron chi connectivity index (χ0n) is 17.5. The Kier molecular flexibility index (Phi) is 5.37. The summed E-state index contributed by atoms with van der Waals surface area (Å²) in [6.07, 6.45) is 2.46. The van der Waals surface area contributed by atoms with Crippen LogP contribution in [0, 0.1) is 0 Å². The topological polar surface area (TPSA) is 101 Å². The molecule has 1 saturated heterocycles. The summed E-state index contributed by atoms with van der Waals surface area (Å²) in [5.74, 6) is 1.47. The monoisotopic (exact) mass is 463 g/mol. The van der Waals surface area contributed by atoms with Crippen molar-refractivity contribution >= 4 is 37.3 Å². The molecule has 1 N–H and O–H groups in total. The van der Waals surface area contributed by atoms with Crippen LogP contribution in [0.4, 0.5) is 5.69 Å². The summed E-state index contributed by atoms with van der Waals surface area (Å²) in [5.41, 5.74) is 3.88. The SMILES string of the molecule is COc1ccc(N2CCOCC2)c2sc(-c3nc4c([nH]3)CCN(S(C)(=O)=O)CC4)nc12. The molecule has 1 fully saturated rings. The zero-order chi connectivity index (χ0) is 21.6. The Hall–Kier alpha value is -2.21. The largest absolute Gasteiger partial charge is 0.494 e. The molecular formula is C20H25N5O4S2. The van der Waals surface area contributed by atoms with E-state index >= 15 is 0 Å². The van der Waals surface area contributed by atoms with Gasteiger partial charge in [0.15, 0.2) is 10.8 Å². The third-order valence-electron chi connectivity index (χ3n) is 5.80. The van der Waals surface area contributed by atoms with Gasteiger partial charge in [-0.05, 0) is 12.1 Å². The van der Waals surface area contributed by atoms with Crippen LogP contribution in [-0.2, 0) is 27.6 Å². The molecule has 3 aromatic rings. The van der Waals surface area contributed by atoms with Gasteiger partial charge in [0, 0.05) is 44.7 Å². The lowest BCUT2D eigenvalue weighted by atomic mass is 10.2. The van der Waals surface area contributed by atoms with Crippen molar-refractivity contribution in [1.82, 2.24) is 19.3 Å². The normalized spacial score (nSPS) is 18.2. The fraction of sp³-hybridized carbons (Fsp3) is 0.500. The zero-order valence-corrected chi connectivity index (χ0v) is 19.2. The van der Waals surface area contributed by atoms with Gasteiger partial charge in [0.2, 0.25) is 10.0 Å². The second kappa shape index (κ2) is 8.05. The Labute approximate surface area is 185 Å². The number of aromatic nitrogens is 3. The summed E-state index contributed by atoms with van der Waals surface area (Å²) in [5, 5.41) is 0.807. The van der Waals surface area contributed by atoms with Gasteiger partial charge in [-0.1, -0.05) is 0 Å². The van der Waals surface area contributed by atoms with Crippen molar-refractivity contribution in [3.8, 4) is 16.6 Å². The van der Waals surface area contributed by atoms with Gasteiger partial charge >= 0.3 is 0 Å². The highest BCUT2D eigenvalue weighted by Gasteiger charge is 2.25. The molecular weight excluding hydrogens is 438 g/mol. The van der Waals surface area contributed by atoms with E-state index in [1.807, 2.05) is 6.07 Å². The number of imidazole rings is 1. The highest BCUT2D eigenvalue weighted by molar-refractivity contribution is 7.88. The van der Waals surface area contributed by atoms with E-state index in [4.69, 9.17) is 19.4 Å². The van der Waals surface area contributed by atoms with Crippen LogP contribution < -0.4 is 9.64 Å². The van der Waals surface area contributed by atoms with Crippen LogP contribution in [0.5, 0.6) is 5.75 Å². The van der Waals surface area contributed by atoms with E-state index in [1.165, 1.54) is 10.6 Å². The van der Waals surface area contributed by atoms with Crippen molar-refractivity contribution in [2.45, 2.75) is 12.8 Å². The molecule has 9 nitrogen and oxygen atoms in total. The van der Waals surface area contributed by atoms with Crippen LogP contribution in [0.3, 0.4) is 0 Å². The van der Waals surface area contributed by atoms with Crippen molar-refractivity contribution < 1.29 is 17.9 Å². The molecule has 31 heavy (non-hydrogen) atoms. The maximum absolute atomic E-state index is 11.9. The molecule has 166 valence electrons. The summed E-state index contributed by atoms with van der Waals surface area (Å²) in [7, 11) is -1.54. The number of aromatic amines is 1. The van der Waals surface area contributed by atoms with Gasteiger partial charge < -0.3 is 19.4 Å². The average Bonchev–Trinajstić information content (AvgIpc) is 3.32. The van der Waals surface area contributed by atoms with E-state index in [1.54, 1.807) is 18.4 Å². The number of thiazole rings is 1. The minimum atomic E-state index is -3.19. The lowest BCUT2D eigenvalue weighted by molar-refractivity contribution is 0.123. The fourth-order valence-corrected chi connectivity index (χ4v) is 6.07. The van der Waals surface area contributed by atoms with E-state index in [0.29, 0.717) is 39.1 Å². The van der Waals surface area contributed by atoms with Gasteiger partial charge in [-0.3, -0.25) is 0 Å². The van der Waals surface area contributed by atoms with Crippen LogP contribution in [0.2, 0.25) is 0 Å². The molecule has 1 aromatic carbocycles. The highest BCUT2D eigenvalue weighted by Crippen LogP contribution is 2.40. The number of nitrogens with one attached hydrogen (secondary N) is 1. The number of morpholine rings is 1. The molecule has 0 aliphatic carbocycles. The number of ether oxygens (including phenoxy) is 2. The Morgan fingerprint density at radius 3 is 2.65 bits per heavy atom. The van der Waals surface area contributed by atoms with Gasteiger partial charge in [-0.15, -0.1) is 11.3 Å². The molecule has 5 rings (SSSR count). The molecule has 11 heteroatoms. The lowest BCUT2D eigenvalue weighted by Crippen LogP contribution is -2.36. The van der Waals surface area contributed by atoms with Gasteiger partial charge in [0.05, 0.1) is 42.7 Å². The minimum absolute atomic E-state index is 0.449. The molecule has 0 amide bonds. The first kappa shape index (κ1) is 20.7. The molecule has 0 atom stereocenters. The number of sulfonamides is 1. The predicted molar refractivity (Wildman–Crippen MR) is 121 cm³/mol. The van der Waals surface area contributed by atoms with Gasteiger partial charge in [0.25, 0.3) is 0 Å². The van der Waals surface area contributed by atoms with Crippen LogP contribution in [0.25, 0.3) is 21.0 Å². The number of H-pyrrole nitrogens is 1. The molecule has 2 aliphatic heterocycles. The van der Waals surface area contributed by atoms with Crippen molar-refractivity contribution in [3.63, 3.8) is 0 Å². The predicted octanol–water partition coefficient (Wildman–Crippen LogP) is 1.89. The maximum atomic E-state index is 11.9. The molecule has 0 radical (unpaired) electrons. The molecule has 0 unspecified atom stereocenters. The fourth-order valence-electron chi connectivity index (χ4n) is 4.16. The number of fused-ring (bicyclic) bond motifs is 2. The van der Waals surface area contributed by atoms with Crippen molar-refractivity contribution in [2.75, 3.05) is 57.7 Å². The Morgan fingerprint density at radius 1 is 1.13 bits per heavy atom. The van der Waals surface area contributed by atoms with Crippen molar-refractivity contribution in [3.05, 3.63) is 23.5 Å². The summed E-state index contributed by atoms with van der Waals surface area (Å²) in [6.45, 7) is 4.04. The standard InChI is InChI=1S/C20H25N5O4S2/c1-28-16-4-3-15(24-9-11-29-12-10-24)18-17(16)23-20(30-18)19-21-13-5-7-25(31(2,26)27)8-6-14(13)22-19/h3-4H,5-12H2,1-2H3,(H,21,22). The smallest absolute Gasteiger partial charge is 0.211 e. The van der Waals surface area contributed by atoms with Crippen LogP contribution in [0.1, 0.15) is 11.4 Å². The van der Waals surface area contributed by atoms with Crippen LogP contribution in [0.15, 0.2) is 12.1 Å². The highest BCUT2D eigenvalue weighted by atomic mass is 32.2. The summed E-state index contributed by atoms with van der Waals surface area (Å²) in [6, 6.07) is 4.05. The maximum Gasteiger partial charge on any atom is 0.211 e. The van der Waals surface area contributed by atoms with E-state index in [2.05, 4.69) is 16.0 Å². The van der Waals surface area contributed by atoms with Crippen molar-refractivity contribution in [2.24, 2.45) is 0 Å². The van der Waals surface area contributed by atoms with Crippen molar-refractivity contribution in [1.29, 1.82) is 0 Å². The number of hydrogen-bond donors (Lipinski definition) is 1. The summed E-state index contributed by atoms with van der Waals surface area (Å²) >= 11 is 1.60. The van der Waals surface area contributed by atoms with Crippen LogP contribution in [-0.4, -0.2) is 80.4 Å². The molecule has 2 aromatic heterocycles. The third kappa shape index (κ3) is 3.91. The number of hydrogen-bond acceptors (Lipinski definition) is 8. The molecule has 0 spiro atoms. The van der Waals surface area contributed by atoms with E-state index in [0.717, 1.165) is 57.0 Å². The minimum Gasteiger partial charge on any atom is -0.494 e. The van der Waals surface area contributed by atoms with E-state index in [9.17, 15) is 8.42 Å². The van der Waals surface area contributed by atoms with Gasteiger partial charge in [-0.25, -0.2) is 22.7 Å². The molecule has 2 aliphatic rings. The number of benzene rings is 1. The average molecular weight is 464 g/mol. The quantitative estimate of drug-likeness (QED) is 0.631. The summed E-state index contributed by atoms with van der Waals surface area (Å²) < 4.78 is 37.4. The third-order valence-corrected chi connectivity index (χ3v) is 8.19. The number of rotatable bonds is 4. The Morgan fingerprint density at radius 2 is 1.90 bits per heavy atom. The second-order valence-corrected chi connectivity index (χ2v) is 10.7. The first-order valence-corrected chi connectivity index (χ1v) is 12.9. The number of anilines is 1. The number of nitrogens with zero attached hydrogens (tertiary/aromatic N) is 4. The van der Waals surface area contributed by atoms with Gasteiger partial charge in [-0.2, -0.15) is 0 Å². The lowest BCUT2D eigenvalue weighted by Gasteiger charge is -2.29. The van der Waals surface area contributed by atoms with Crippen LogP contribution >= 0.6 is 11.3 Å². The second-order valence-electron chi connectivity index (χ2n) is 7.76. The Balaban J connectivity index is 1.50. The van der Waals surface area contributed by atoms with Gasteiger partial charge in [0.1, 0.15) is 11.3 Å².